The highest BCUT2D eigenvalue weighted by atomic mass is 16.2. The highest BCUT2D eigenvalue weighted by Gasteiger charge is 2.18. The van der Waals surface area contributed by atoms with E-state index in [0.717, 1.165) is 22.4 Å². The third kappa shape index (κ3) is 5.41. The lowest BCUT2D eigenvalue weighted by Crippen LogP contribution is -2.22. The zero-order valence-corrected chi connectivity index (χ0v) is 22.7. The molecule has 42 heavy (non-hydrogen) atoms. The largest absolute Gasteiger partial charge is 0.383 e. The van der Waals surface area contributed by atoms with Crippen LogP contribution in [0.25, 0.3) is 39.4 Å². The van der Waals surface area contributed by atoms with Crippen LogP contribution in [0, 0.1) is 0 Å². The number of carbonyl (C=O) groups is 2. The maximum Gasteiger partial charge on any atom is 0.251 e. The van der Waals surface area contributed by atoms with Crippen molar-refractivity contribution in [3.63, 3.8) is 0 Å². The molecule has 0 saturated heterocycles. The summed E-state index contributed by atoms with van der Waals surface area (Å²) in [6.45, 7) is 1.78. The first-order valence-corrected chi connectivity index (χ1v) is 13.2. The Morgan fingerprint density at radius 3 is 2.38 bits per heavy atom. The normalized spacial score (nSPS) is 10.9. The highest BCUT2D eigenvalue weighted by molar-refractivity contribution is 5.95. The second-order valence-corrected chi connectivity index (χ2v) is 9.62. The van der Waals surface area contributed by atoms with E-state index in [1.54, 1.807) is 49.1 Å². The summed E-state index contributed by atoms with van der Waals surface area (Å²) in [6.07, 6.45) is 6.97. The molecule has 4 heterocycles. The quantitative estimate of drug-likeness (QED) is 0.252. The first-order valence-electron chi connectivity index (χ1n) is 13.2. The molecule has 0 radical (unpaired) electrons. The van der Waals surface area contributed by atoms with Gasteiger partial charge in [0.2, 0.25) is 5.91 Å². The molecule has 0 bridgehead atoms. The van der Waals surface area contributed by atoms with Crippen molar-refractivity contribution in [2.75, 3.05) is 11.1 Å². The van der Waals surface area contributed by atoms with E-state index in [0.29, 0.717) is 46.2 Å². The summed E-state index contributed by atoms with van der Waals surface area (Å²) in [6, 6.07) is 24.1. The minimum atomic E-state index is -0.211. The molecule has 4 N–H and O–H groups in total. The summed E-state index contributed by atoms with van der Waals surface area (Å²) in [5, 5.41) is 5.63. The Morgan fingerprint density at radius 1 is 0.881 bits per heavy atom. The van der Waals surface area contributed by atoms with Gasteiger partial charge in [-0.25, -0.2) is 15.0 Å². The molecular formula is C32H26N8O2. The van der Waals surface area contributed by atoms with E-state index in [2.05, 4.69) is 20.6 Å². The maximum atomic E-state index is 12.7. The number of aromatic nitrogens is 5. The van der Waals surface area contributed by atoms with Gasteiger partial charge in [-0.05, 0) is 66.2 Å². The van der Waals surface area contributed by atoms with E-state index in [4.69, 9.17) is 15.7 Å². The molecular weight excluding hydrogens is 528 g/mol. The molecule has 6 rings (SSSR count). The summed E-state index contributed by atoms with van der Waals surface area (Å²) in [5.74, 6) is 0.610. The van der Waals surface area contributed by atoms with Crippen LogP contribution >= 0.6 is 0 Å². The fourth-order valence-corrected chi connectivity index (χ4v) is 4.64. The summed E-state index contributed by atoms with van der Waals surface area (Å²) in [4.78, 5) is 42.1. The number of pyridine rings is 3. The summed E-state index contributed by atoms with van der Waals surface area (Å²) in [5.41, 5.74) is 13.1. The Morgan fingerprint density at radius 2 is 1.67 bits per heavy atom. The topological polar surface area (TPSA) is 141 Å². The highest BCUT2D eigenvalue weighted by Crippen LogP contribution is 2.32. The number of imidazole rings is 1. The molecule has 0 fully saturated rings. The minimum Gasteiger partial charge on any atom is -0.383 e. The van der Waals surface area contributed by atoms with Gasteiger partial charge in [-0.1, -0.05) is 18.2 Å². The number of nitrogens with zero attached hydrogens (tertiary/aromatic N) is 5. The molecule has 0 saturated carbocycles. The third-order valence-corrected chi connectivity index (χ3v) is 6.69. The van der Waals surface area contributed by atoms with Crippen molar-refractivity contribution in [2.24, 2.45) is 0 Å². The number of fused-ring (bicyclic) bond motifs is 1. The second kappa shape index (κ2) is 11.3. The van der Waals surface area contributed by atoms with Crippen molar-refractivity contribution < 1.29 is 9.59 Å². The Kier molecular flexibility index (Phi) is 7.08. The van der Waals surface area contributed by atoms with Crippen LogP contribution in [-0.2, 0) is 11.3 Å². The standard InChI is InChI=1S/C32H26N8O2/c1-20(41)38-25-10-8-22(9-11-25)32(42)37-17-21-6-12-26(13-7-21)40-30(27-5-3-15-35-29(27)33)39-28-16-24(19-36-31(28)40)23-4-2-14-34-18-23/h2-16,18-19H,17H2,1H3,(H2,33,35)(H,37,42)(H,38,41). The first kappa shape index (κ1) is 26.3. The number of nitrogens with one attached hydrogen (secondary N) is 2. The van der Waals surface area contributed by atoms with Gasteiger partial charge < -0.3 is 16.4 Å². The molecule has 2 amide bonds. The van der Waals surface area contributed by atoms with Crippen LogP contribution < -0.4 is 16.4 Å². The third-order valence-electron chi connectivity index (χ3n) is 6.69. The number of hydrogen-bond donors (Lipinski definition) is 3. The number of rotatable bonds is 7. The zero-order valence-electron chi connectivity index (χ0n) is 22.7. The Balaban J connectivity index is 1.28. The van der Waals surface area contributed by atoms with Gasteiger partial charge in [-0.15, -0.1) is 0 Å². The second-order valence-electron chi connectivity index (χ2n) is 9.62. The number of nitrogen functional groups attached to an aromatic ring is 1. The van der Waals surface area contributed by atoms with Gasteiger partial charge in [0.1, 0.15) is 11.3 Å². The van der Waals surface area contributed by atoms with Crippen LogP contribution in [0.2, 0.25) is 0 Å². The fraction of sp³-hybridized carbons (Fsp3) is 0.0625. The summed E-state index contributed by atoms with van der Waals surface area (Å²) in [7, 11) is 0. The lowest BCUT2D eigenvalue weighted by molar-refractivity contribution is -0.114. The lowest BCUT2D eigenvalue weighted by Gasteiger charge is -2.12. The van der Waals surface area contributed by atoms with Crippen LogP contribution in [0.3, 0.4) is 0 Å². The van der Waals surface area contributed by atoms with Crippen molar-refractivity contribution in [1.29, 1.82) is 0 Å². The van der Waals surface area contributed by atoms with Gasteiger partial charge in [0.15, 0.2) is 11.5 Å². The molecule has 10 heteroatoms. The SMILES string of the molecule is CC(=O)Nc1ccc(C(=O)NCc2ccc(-n3c(-c4cccnc4N)nc4cc(-c5cccnc5)cnc43)cc2)cc1. The van der Waals surface area contributed by atoms with E-state index < -0.39 is 0 Å². The van der Waals surface area contributed by atoms with Crippen molar-refractivity contribution in [3.05, 3.63) is 115 Å². The number of carbonyl (C=O) groups excluding carboxylic acids is 2. The van der Waals surface area contributed by atoms with Crippen molar-refractivity contribution in [2.45, 2.75) is 13.5 Å². The van der Waals surface area contributed by atoms with Gasteiger partial charge in [0.05, 0.1) is 5.56 Å². The molecule has 0 aliphatic carbocycles. The molecule has 10 nitrogen and oxygen atoms in total. The van der Waals surface area contributed by atoms with E-state index in [1.165, 1.54) is 6.92 Å². The Labute approximate surface area is 241 Å². The number of nitrogens with two attached hydrogens (primary N) is 1. The maximum absolute atomic E-state index is 12.7. The first-order chi connectivity index (χ1) is 20.5. The van der Waals surface area contributed by atoms with Gasteiger partial charge in [-0.2, -0.15) is 0 Å². The number of anilines is 2. The molecule has 0 spiro atoms. The molecule has 0 unspecified atom stereocenters. The Hall–Kier alpha value is -5.90. The van der Waals surface area contributed by atoms with Crippen LogP contribution in [0.1, 0.15) is 22.8 Å². The molecule has 0 atom stereocenters. The smallest absolute Gasteiger partial charge is 0.251 e. The predicted octanol–water partition coefficient (Wildman–Crippen LogP) is 5.02. The predicted molar refractivity (Wildman–Crippen MR) is 162 cm³/mol. The fourth-order valence-electron chi connectivity index (χ4n) is 4.64. The van der Waals surface area contributed by atoms with Crippen LogP contribution in [0.5, 0.6) is 0 Å². The lowest BCUT2D eigenvalue weighted by atomic mass is 10.1. The van der Waals surface area contributed by atoms with Crippen molar-refractivity contribution >= 4 is 34.5 Å². The van der Waals surface area contributed by atoms with Gasteiger partial charge in [0.25, 0.3) is 5.91 Å². The average Bonchev–Trinajstić information content (AvgIpc) is 3.39. The van der Waals surface area contributed by atoms with E-state index in [-0.39, 0.29) is 11.8 Å². The molecule has 0 aliphatic heterocycles. The van der Waals surface area contributed by atoms with Gasteiger partial charge in [0, 0.05) is 66.3 Å². The summed E-state index contributed by atoms with van der Waals surface area (Å²) >= 11 is 0. The zero-order chi connectivity index (χ0) is 29.1. The Bertz CT molecular complexity index is 1900. The van der Waals surface area contributed by atoms with E-state index in [9.17, 15) is 9.59 Å². The minimum absolute atomic E-state index is 0.166. The van der Waals surface area contributed by atoms with Gasteiger partial charge >= 0.3 is 0 Å². The van der Waals surface area contributed by atoms with Crippen LogP contribution in [0.15, 0.2) is 104 Å². The van der Waals surface area contributed by atoms with E-state index >= 15 is 0 Å². The molecule has 206 valence electrons. The van der Waals surface area contributed by atoms with Crippen molar-refractivity contribution in [3.8, 4) is 28.2 Å². The molecule has 4 aromatic heterocycles. The molecule has 0 aliphatic rings. The van der Waals surface area contributed by atoms with Crippen LogP contribution in [0.4, 0.5) is 11.5 Å². The van der Waals surface area contributed by atoms with Crippen LogP contribution in [-0.4, -0.2) is 36.3 Å². The summed E-state index contributed by atoms with van der Waals surface area (Å²) < 4.78 is 1.95. The number of hydrogen-bond acceptors (Lipinski definition) is 7. The van der Waals surface area contributed by atoms with E-state index in [1.807, 2.05) is 59.2 Å². The molecule has 6 aromatic rings. The number of benzene rings is 2. The average molecular weight is 555 g/mol. The molecule has 2 aromatic carbocycles. The monoisotopic (exact) mass is 554 g/mol. The van der Waals surface area contributed by atoms with Crippen molar-refractivity contribution in [1.82, 2.24) is 29.8 Å². The number of amides is 2. The van der Waals surface area contributed by atoms with Gasteiger partial charge in [-0.3, -0.25) is 19.1 Å².